The fourth-order valence-corrected chi connectivity index (χ4v) is 2.89. The minimum atomic E-state index is 0.457. The number of fused-ring (bicyclic) bond motifs is 1. The van der Waals surface area contributed by atoms with Crippen molar-refractivity contribution >= 4 is 45.1 Å². The molecule has 0 spiro atoms. The number of rotatable bonds is 6. The van der Waals surface area contributed by atoms with Crippen molar-refractivity contribution in [2.24, 2.45) is 5.84 Å². The van der Waals surface area contributed by atoms with Gasteiger partial charge >= 0.3 is 0 Å². The summed E-state index contributed by atoms with van der Waals surface area (Å²) in [5.74, 6) is 7.76. The van der Waals surface area contributed by atoms with Gasteiger partial charge in [-0.2, -0.15) is 16.7 Å². The van der Waals surface area contributed by atoms with E-state index in [0.717, 1.165) is 34.8 Å². The Morgan fingerprint density at radius 3 is 2.94 bits per heavy atom. The molecule has 0 aliphatic carbocycles. The number of anilines is 2. The molecule has 0 aromatic carbocycles. The standard InChI is InChI=1S/C11H17N5S2/c1-3-7-6-8-9(13-4-5-17-2)14-11(16-12)15-10(8)18-7/h6H,3-5,12H2,1-2H3,(H2,13,14,15,16). The first-order chi connectivity index (χ1) is 8.78. The summed E-state index contributed by atoms with van der Waals surface area (Å²) in [4.78, 5) is 11.0. The first-order valence-corrected chi connectivity index (χ1v) is 7.99. The molecular weight excluding hydrogens is 266 g/mol. The van der Waals surface area contributed by atoms with E-state index in [0.29, 0.717) is 5.95 Å². The fraction of sp³-hybridized carbons (Fsp3) is 0.455. The highest BCUT2D eigenvalue weighted by molar-refractivity contribution is 7.98. The molecule has 0 atom stereocenters. The first-order valence-electron chi connectivity index (χ1n) is 5.78. The van der Waals surface area contributed by atoms with Crippen molar-refractivity contribution in [1.29, 1.82) is 0 Å². The number of nitrogens with two attached hydrogens (primary N) is 1. The van der Waals surface area contributed by atoms with Crippen LogP contribution in [0.5, 0.6) is 0 Å². The van der Waals surface area contributed by atoms with Crippen molar-refractivity contribution in [3.05, 3.63) is 10.9 Å². The number of hydrogen-bond donors (Lipinski definition) is 3. The monoisotopic (exact) mass is 283 g/mol. The third kappa shape index (κ3) is 2.85. The molecule has 2 aromatic rings. The maximum absolute atomic E-state index is 5.40. The van der Waals surface area contributed by atoms with E-state index < -0.39 is 0 Å². The Hall–Kier alpha value is -1.05. The number of nitrogen functional groups attached to an aromatic ring is 1. The van der Waals surface area contributed by atoms with Gasteiger partial charge in [-0.05, 0) is 18.7 Å². The van der Waals surface area contributed by atoms with Crippen molar-refractivity contribution in [3.8, 4) is 0 Å². The van der Waals surface area contributed by atoms with Crippen LogP contribution < -0.4 is 16.6 Å². The molecule has 0 saturated heterocycles. The highest BCUT2D eigenvalue weighted by Crippen LogP contribution is 2.30. The Morgan fingerprint density at radius 1 is 1.44 bits per heavy atom. The summed E-state index contributed by atoms with van der Waals surface area (Å²) in [5, 5.41) is 4.42. The molecule has 7 heteroatoms. The van der Waals surface area contributed by atoms with Gasteiger partial charge in [-0.1, -0.05) is 6.92 Å². The second-order valence-corrected chi connectivity index (χ2v) is 5.85. The van der Waals surface area contributed by atoms with E-state index in [4.69, 9.17) is 5.84 Å². The lowest BCUT2D eigenvalue weighted by Crippen LogP contribution is -2.13. The summed E-state index contributed by atoms with van der Waals surface area (Å²) in [6.45, 7) is 3.02. The largest absolute Gasteiger partial charge is 0.369 e. The van der Waals surface area contributed by atoms with Crippen LogP contribution in [0.25, 0.3) is 10.2 Å². The van der Waals surface area contributed by atoms with Gasteiger partial charge in [0.15, 0.2) is 0 Å². The molecule has 18 heavy (non-hydrogen) atoms. The van der Waals surface area contributed by atoms with Crippen LogP contribution in [0.4, 0.5) is 11.8 Å². The Morgan fingerprint density at radius 2 is 2.28 bits per heavy atom. The second-order valence-electron chi connectivity index (χ2n) is 3.74. The second kappa shape index (κ2) is 6.21. The molecule has 0 unspecified atom stereocenters. The van der Waals surface area contributed by atoms with E-state index in [1.54, 1.807) is 23.1 Å². The van der Waals surface area contributed by atoms with Crippen LogP contribution in [0.2, 0.25) is 0 Å². The number of nitrogens with zero attached hydrogens (tertiary/aromatic N) is 2. The number of thiophene rings is 1. The van der Waals surface area contributed by atoms with Crippen LogP contribution in [-0.2, 0) is 6.42 Å². The fourth-order valence-electron chi connectivity index (χ4n) is 1.62. The lowest BCUT2D eigenvalue weighted by atomic mass is 10.3. The number of nitrogens with one attached hydrogen (secondary N) is 2. The maximum atomic E-state index is 5.40. The maximum Gasteiger partial charge on any atom is 0.240 e. The molecule has 0 aliphatic heterocycles. The third-order valence-electron chi connectivity index (χ3n) is 2.52. The average molecular weight is 283 g/mol. The van der Waals surface area contributed by atoms with E-state index >= 15 is 0 Å². The van der Waals surface area contributed by atoms with Crippen molar-refractivity contribution in [1.82, 2.24) is 9.97 Å². The average Bonchev–Trinajstić information content (AvgIpc) is 2.81. The Bertz CT molecular complexity index is 525. The van der Waals surface area contributed by atoms with E-state index in [1.165, 1.54) is 4.88 Å². The van der Waals surface area contributed by atoms with Gasteiger partial charge in [0.05, 0.1) is 5.39 Å². The van der Waals surface area contributed by atoms with Crippen molar-refractivity contribution < 1.29 is 0 Å². The van der Waals surface area contributed by atoms with Gasteiger partial charge in [-0.25, -0.2) is 10.8 Å². The van der Waals surface area contributed by atoms with E-state index in [-0.39, 0.29) is 0 Å². The highest BCUT2D eigenvalue weighted by Gasteiger charge is 2.10. The molecule has 0 saturated carbocycles. The SMILES string of the molecule is CCc1cc2c(NCCSC)nc(NN)nc2s1. The van der Waals surface area contributed by atoms with E-state index in [9.17, 15) is 0 Å². The molecule has 0 amide bonds. The summed E-state index contributed by atoms with van der Waals surface area (Å²) in [6.07, 6.45) is 3.10. The number of hydrazine groups is 1. The lowest BCUT2D eigenvalue weighted by molar-refractivity contribution is 1.12. The van der Waals surface area contributed by atoms with Crippen LogP contribution >= 0.6 is 23.1 Å². The van der Waals surface area contributed by atoms with Crippen LogP contribution in [0.1, 0.15) is 11.8 Å². The van der Waals surface area contributed by atoms with Gasteiger partial charge in [0, 0.05) is 17.2 Å². The number of aromatic nitrogens is 2. The molecule has 0 fully saturated rings. The van der Waals surface area contributed by atoms with Gasteiger partial charge in [0.1, 0.15) is 10.6 Å². The van der Waals surface area contributed by atoms with Crippen LogP contribution in [0.3, 0.4) is 0 Å². The minimum absolute atomic E-state index is 0.457. The zero-order chi connectivity index (χ0) is 13.0. The summed E-state index contributed by atoms with van der Waals surface area (Å²) in [5.41, 5.74) is 2.52. The zero-order valence-corrected chi connectivity index (χ0v) is 12.1. The number of hydrogen-bond acceptors (Lipinski definition) is 7. The number of aryl methyl sites for hydroxylation is 1. The predicted molar refractivity (Wildman–Crippen MR) is 81.5 cm³/mol. The molecule has 5 nitrogen and oxygen atoms in total. The predicted octanol–water partition coefficient (Wildman–Crippen LogP) is 2.31. The van der Waals surface area contributed by atoms with Crippen LogP contribution in [-0.4, -0.2) is 28.5 Å². The van der Waals surface area contributed by atoms with E-state index in [2.05, 4.69) is 40.0 Å². The van der Waals surface area contributed by atoms with Gasteiger partial charge in [0.25, 0.3) is 0 Å². The topological polar surface area (TPSA) is 75.9 Å². The van der Waals surface area contributed by atoms with Crippen molar-refractivity contribution in [2.45, 2.75) is 13.3 Å². The van der Waals surface area contributed by atoms with Gasteiger partial charge in [-0.3, -0.25) is 5.43 Å². The Balaban J connectivity index is 2.37. The normalized spacial score (nSPS) is 10.8. The lowest BCUT2D eigenvalue weighted by Gasteiger charge is -2.07. The summed E-state index contributed by atoms with van der Waals surface area (Å²) in [6, 6.07) is 2.15. The molecule has 98 valence electrons. The Kier molecular flexibility index (Phi) is 4.62. The Labute approximate surface area is 115 Å². The van der Waals surface area contributed by atoms with E-state index in [1.807, 2.05) is 0 Å². The molecule has 2 heterocycles. The molecule has 4 N–H and O–H groups in total. The molecule has 0 bridgehead atoms. The van der Waals surface area contributed by atoms with Crippen molar-refractivity contribution in [2.75, 3.05) is 29.3 Å². The molecule has 0 radical (unpaired) electrons. The quantitative estimate of drug-likeness (QED) is 0.429. The number of thioether (sulfide) groups is 1. The minimum Gasteiger partial charge on any atom is -0.369 e. The molecule has 2 rings (SSSR count). The summed E-state index contributed by atoms with van der Waals surface area (Å²) in [7, 11) is 0. The van der Waals surface area contributed by atoms with Gasteiger partial charge in [0.2, 0.25) is 5.95 Å². The van der Waals surface area contributed by atoms with Gasteiger partial charge < -0.3 is 5.32 Å². The smallest absolute Gasteiger partial charge is 0.240 e. The van der Waals surface area contributed by atoms with Crippen molar-refractivity contribution in [3.63, 3.8) is 0 Å². The van der Waals surface area contributed by atoms with Crippen LogP contribution in [0, 0.1) is 0 Å². The highest BCUT2D eigenvalue weighted by atomic mass is 32.2. The molecular formula is C11H17N5S2. The third-order valence-corrected chi connectivity index (χ3v) is 4.31. The molecule has 0 aliphatic rings. The first kappa shape index (κ1) is 13.4. The van der Waals surface area contributed by atoms with Gasteiger partial charge in [-0.15, -0.1) is 11.3 Å². The molecule has 2 aromatic heterocycles. The summed E-state index contributed by atoms with van der Waals surface area (Å²) < 4.78 is 0. The zero-order valence-electron chi connectivity index (χ0n) is 10.5. The van der Waals surface area contributed by atoms with Crippen LogP contribution in [0.15, 0.2) is 6.07 Å². The summed E-state index contributed by atoms with van der Waals surface area (Å²) >= 11 is 3.49.